The average Bonchev–Trinajstić information content (AvgIpc) is 1.68. The largest absolute Gasteiger partial charge is 0.392 e. The molecular weight excluding hydrogens is 205 g/mol. The average molecular weight is 215 g/mol. The van der Waals surface area contributed by atoms with E-state index in [1.165, 1.54) is 0 Å². The Hall–Kier alpha value is 0.650. The van der Waals surface area contributed by atoms with Crippen molar-refractivity contribution in [3.63, 3.8) is 0 Å². The van der Waals surface area contributed by atoms with Crippen molar-refractivity contribution in [1.29, 1.82) is 0 Å². The van der Waals surface area contributed by atoms with Crippen molar-refractivity contribution >= 4 is 22.6 Å². The third-order valence-corrected chi connectivity index (χ3v) is 1.34. The smallest absolute Gasteiger partial charge is 0.0669 e. The fourth-order valence-corrected chi connectivity index (χ4v) is 0.963. The fourth-order valence-electron chi connectivity index (χ4n) is 0.244. The van der Waals surface area contributed by atoms with Crippen molar-refractivity contribution < 1.29 is 5.11 Å². The van der Waals surface area contributed by atoms with Crippen LogP contribution in [0.5, 0.6) is 0 Å². The highest BCUT2D eigenvalue weighted by molar-refractivity contribution is 14.1. The monoisotopic (exact) mass is 215 g/mol. The van der Waals surface area contributed by atoms with Gasteiger partial charge in [-0.1, -0.05) is 22.6 Å². The molecule has 0 aromatic carbocycles. The molecule has 0 rings (SSSR count). The first-order chi connectivity index (χ1) is 3.31. The van der Waals surface area contributed by atoms with E-state index in [0.29, 0.717) is 6.54 Å². The summed E-state index contributed by atoms with van der Waals surface area (Å²) < 4.78 is 0.982. The van der Waals surface area contributed by atoms with Gasteiger partial charge in [0.25, 0.3) is 0 Å². The Morgan fingerprint density at radius 1 is 1.71 bits per heavy atom. The van der Waals surface area contributed by atoms with Crippen LogP contribution < -0.4 is 5.73 Å². The van der Waals surface area contributed by atoms with E-state index < -0.39 is 0 Å². The van der Waals surface area contributed by atoms with Crippen LogP contribution in [0.1, 0.15) is 6.42 Å². The lowest BCUT2D eigenvalue weighted by atomic mass is 10.3. The minimum atomic E-state index is -0.281. The SMILES string of the molecule is NC[C@H](O)CCI. The zero-order valence-corrected chi connectivity index (χ0v) is 6.26. The van der Waals surface area contributed by atoms with Crippen LogP contribution in [-0.4, -0.2) is 22.2 Å². The Balaban J connectivity index is 2.83. The lowest BCUT2D eigenvalue weighted by Crippen LogP contribution is -2.19. The molecule has 0 aliphatic carbocycles. The van der Waals surface area contributed by atoms with Gasteiger partial charge < -0.3 is 10.8 Å². The molecule has 0 saturated carbocycles. The quantitative estimate of drug-likeness (QED) is 0.519. The van der Waals surface area contributed by atoms with Gasteiger partial charge in [0.1, 0.15) is 0 Å². The van der Waals surface area contributed by atoms with E-state index in [-0.39, 0.29) is 6.10 Å². The molecule has 0 bridgehead atoms. The van der Waals surface area contributed by atoms with Gasteiger partial charge in [-0.3, -0.25) is 0 Å². The predicted molar refractivity (Wildman–Crippen MR) is 38.6 cm³/mol. The molecule has 3 heteroatoms. The van der Waals surface area contributed by atoms with E-state index in [4.69, 9.17) is 10.8 Å². The summed E-state index contributed by atoms with van der Waals surface area (Å²) in [6.45, 7) is 0.392. The van der Waals surface area contributed by atoms with Crippen LogP contribution in [-0.2, 0) is 0 Å². The summed E-state index contributed by atoms with van der Waals surface area (Å²) >= 11 is 2.21. The van der Waals surface area contributed by atoms with Gasteiger partial charge in [0.2, 0.25) is 0 Å². The van der Waals surface area contributed by atoms with Crippen LogP contribution in [0.3, 0.4) is 0 Å². The maximum absolute atomic E-state index is 8.73. The number of aliphatic hydroxyl groups is 1. The molecule has 44 valence electrons. The second kappa shape index (κ2) is 4.80. The maximum atomic E-state index is 8.73. The van der Waals surface area contributed by atoms with E-state index in [2.05, 4.69) is 22.6 Å². The standard InChI is InChI=1S/C4H10INO/c5-2-1-4(7)3-6/h4,7H,1-3,6H2/t4-/m1/s1. The van der Waals surface area contributed by atoms with Crippen LogP contribution in [0.15, 0.2) is 0 Å². The van der Waals surface area contributed by atoms with E-state index in [9.17, 15) is 0 Å². The van der Waals surface area contributed by atoms with Crippen molar-refractivity contribution in [3.8, 4) is 0 Å². The zero-order chi connectivity index (χ0) is 5.70. The first kappa shape index (κ1) is 7.65. The van der Waals surface area contributed by atoms with Crippen LogP contribution >= 0.6 is 22.6 Å². The van der Waals surface area contributed by atoms with Gasteiger partial charge in [0.05, 0.1) is 6.10 Å². The van der Waals surface area contributed by atoms with Crippen molar-refractivity contribution in [2.24, 2.45) is 5.73 Å². The van der Waals surface area contributed by atoms with Crippen LogP contribution in [0.4, 0.5) is 0 Å². The van der Waals surface area contributed by atoms with Crippen LogP contribution in [0.25, 0.3) is 0 Å². The van der Waals surface area contributed by atoms with Gasteiger partial charge in [-0.2, -0.15) is 0 Å². The van der Waals surface area contributed by atoms with Crippen molar-refractivity contribution in [2.45, 2.75) is 12.5 Å². The molecule has 0 spiro atoms. The van der Waals surface area contributed by atoms with Gasteiger partial charge in [-0.05, 0) is 6.42 Å². The summed E-state index contributed by atoms with van der Waals surface area (Å²) in [5, 5.41) is 8.73. The summed E-state index contributed by atoms with van der Waals surface area (Å²) in [5.41, 5.74) is 5.10. The molecule has 2 nitrogen and oxygen atoms in total. The molecule has 0 aromatic rings. The lowest BCUT2D eigenvalue weighted by Gasteiger charge is -2.01. The molecule has 0 aliphatic heterocycles. The first-order valence-electron chi connectivity index (χ1n) is 2.25. The molecule has 0 aliphatic rings. The summed E-state index contributed by atoms with van der Waals surface area (Å²) in [4.78, 5) is 0. The Morgan fingerprint density at radius 2 is 2.29 bits per heavy atom. The van der Waals surface area contributed by atoms with Crippen molar-refractivity contribution in [2.75, 3.05) is 11.0 Å². The highest BCUT2D eigenvalue weighted by Gasteiger charge is 1.95. The Labute approximate surface area is 57.2 Å². The minimum Gasteiger partial charge on any atom is -0.392 e. The number of aliphatic hydroxyl groups excluding tert-OH is 1. The molecule has 0 radical (unpaired) electrons. The second-order valence-corrected chi connectivity index (χ2v) is 2.45. The molecule has 0 saturated heterocycles. The van der Waals surface area contributed by atoms with Gasteiger partial charge >= 0.3 is 0 Å². The Morgan fingerprint density at radius 3 is 2.43 bits per heavy atom. The highest BCUT2D eigenvalue weighted by atomic mass is 127. The van der Waals surface area contributed by atoms with Gasteiger partial charge in [0.15, 0.2) is 0 Å². The molecule has 0 fully saturated rings. The minimum absolute atomic E-state index is 0.281. The number of halogens is 1. The molecule has 3 N–H and O–H groups in total. The third-order valence-electron chi connectivity index (χ3n) is 0.714. The number of alkyl halides is 1. The van der Waals surface area contributed by atoms with Gasteiger partial charge in [-0.25, -0.2) is 0 Å². The summed E-state index contributed by atoms with van der Waals surface area (Å²) in [5.74, 6) is 0. The van der Waals surface area contributed by atoms with E-state index in [1.54, 1.807) is 0 Å². The van der Waals surface area contributed by atoms with Crippen molar-refractivity contribution in [3.05, 3.63) is 0 Å². The molecule has 0 amide bonds. The maximum Gasteiger partial charge on any atom is 0.0669 e. The van der Waals surface area contributed by atoms with Crippen LogP contribution in [0.2, 0.25) is 0 Å². The fraction of sp³-hybridized carbons (Fsp3) is 1.00. The summed E-state index contributed by atoms with van der Waals surface area (Å²) in [6, 6.07) is 0. The third kappa shape index (κ3) is 4.50. The lowest BCUT2D eigenvalue weighted by molar-refractivity contribution is 0.181. The normalized spacial score (nSPS) is 14.1. The summed E-state index contributed by atoms with van der Waals surface area (Å²) in [7, 11) is 0. The number of nitrogens with two attached hydrogens (primary N) is 1. The number of hydrogen-bond acceptors (Lipinski definition) is 2. The van der Waals surface area contributed by atoms with E-state index >= 15 is 0 Å². The summed E-state index contributed by atoms with van der Waals surface area (Å²) in [6.07, 6.45) is 0.536. The molecule has 0 unspecified atom stereocenters. The van der Waals surface area contributed by atoms with Crippen LogP contribution in [0, 0.1) is 0 Å². The molecule has 0 aromatic heterocycles. The van der Waals surface area contributed by atoms with Gasteiger partial charge in [0, 0.05) is 11.0 Å². The Kier molecular flexibility index (Phi) is 5.25. The van der Waals surface area contributed by atoms with Gasteiger partial charge in [-0.15, -0.1) is 0 Å². The topological polar surface area (TPSA) is 46.2 Å². The molecule has 0 heterocycles. The number of hydrogen-bond donors (Lipinski definition) is 2. The molecular formula is C4H10INO. The zero-order valence-electron chi connectivity index (χ0n) is 4.10. The first-order valence-corrected chi connectivity index (χ1v) is 3.78. The predicted octanol–water partition coefficient (Wildman–Crippen LogP) is 0.131. The van der Waals surface area contributed by atoms with E-state index in [1.807, 2.05) is 0 Å². The number of rotatable bonds is 3. The molecule has 7 heavy (non-hydrogen) atoms. The Bertz CT molecular complexity index is 42.7. The molecule has 1 atom stereocenters. The van der Waals surface area contributed by atoms with Crippen molar-refractivity contribution in [1.82, 2.24) is 0 Å². The highest BCUT2D eigenvalue weighted by Crippen LogP contribution is 1.92. The van der Waals surface area contributed by atoms with E-state index in [0.717, 1.165) is 10.8 Å². The second-order valence-electron chi connectivity index (χ2n) is 1.37.